The summed E-state index contributed by atoms with van der Waals surface area (Å²) in [6.45, 7) is 1.22. The van der Waals surface area contributed by atoms with Crippen molar-refractivity contribution in [1.29, 1.82) is 0 Å². The lowest BCUT2D eigenvalue weighted by Gasteiger charge is -2.33. The first-order valence-corrected chi connectivity index (χ1v) is 13.0. The summed E-state index contributed by atoms with van der Waals surface area (Å²) in [4.78, 5) is 39.7. The predicted octanol–water partition coefficient (Wildman–Crippen LogP) is 2.59. The molecule has 1 aliphatic carbocycles. The summed E-state index contributed by atoms with van der Waals surface area (Å²) in [7, 11) is 0. The number of carbonyl (C=O) groups is 2. The van der Waals surface area contributed by atoms with E-state index in [4.69, 9.17) is 4.98 Å². The number of piperazine rings is 1. The number of halogens is 1. The minimum absolute atomic E-state index is 0.0289. The van der Waals surface area contributed by atoms with Gasteiger partial charge in [0, 0.05) is 49.4 Å². The van der Waals surface area contributed by atoms with Crippen LogP contribution in [0, 0.1) is 5.92 Å². The average Bonchev–Trinajstić information content (AvgIpc) is 3.52. The number of carboxylic acids is 1. The number of aromatic nitrogens is 5. The standard InChI is InChI=1S/C25H25BrN8O3/c26-21-18-12-29-25(31-22(18)34(32-21)17-5-6-19-14(11-17)2-1-7-27-19)30-16-4-3-15(10-16)23(35)33-9-8-28-20(13-33)24(36)37/h1-2,5-7,11-12,15-16,20,28H,3-4,8-10,13H2,(H,36,37)(H,29,30,31)/t15-,16-,20?/m1/s1. The molecule has 1 aliphatic heterocycles. The number of benzene rings is 1. The van der Waals surface area contributed by atoms with E-state index in [-0.39, 0.29) is 24.4 Å². The number of nitrogens with one attached hydrogen (secondary N) is 2. The summed E-state index contributed by atoms with van der Waals surface area (Å²) >= 11 is 3.52. The van der Waals surface area contributed by atoms with Crippen molar-refractivity contribution in [2.24, 2.45) is 5.92 Å². The van der Waals surface area contributed by atoms with Gasteiger partial charge in [-0.05, 0) is 59.5 Å². The van der Waals surface area contributed by atoms with E-state index in [9.17, 15) is 14.7 Å². The Morgan fingerprint density at radius 3 is 2.95 bits per heavy atom. The molecule has 11 nitrogen and oxygen atoms in total. The van der Waals surface area contributed by atoms with E-state index in [1.54, 1.807) is 22.0 Å². The third-order valence-corrected chi connectivity index (χ3v) is 7.70. The first kappa shape index (κ1) is 23.7. The van der Waals surface area contributed by atoms with Crippen molar-refractivity contribution >= 4 is 55.7 Å². The summed E-state index contributed by atoms with van der Waals surface area (Å²) in [5, 5.41) is 22.1. The fraction of sp³-hybridized carbons (Fsp3) is 0.360. The second-order valence-corrected chi connectivity index (χ2v) is 10.2. The molecule has 0 spiro atoms. The van der Waals surface area contributed by atoms with Crippen LogP contribution in [0.3, 0.4) is 0 Å². The number of hydrogen-bond acceptors (Lipinski definition) is 8. The molecule has 3 atom stereocenters. The van der Waals surface area contributed by atoms with Crippen molar-refractivity contribution in [2.75, 3.05) is 25.0 Å². The van der Waals surface area contributed by atoms with Crippen molar-refractivity contribution in [1.82, 2.24) is 34.9 Å². The first-order chi connectivity index (χ1) is 18.0. The van der Waals surface area contributed by atoms with Crippen LogP contribution in [0.5, 0.6) is 0 Å². The van der Waals surface area contributed by atoms with Crippen LogP contribution in [0.15, 0.2) is 47.3 Å². The number of fused-ring (bicyclic) bond motifs is 2. The molecule has 1 unspecified atom stereocenters. The van der Waals surface area contributed by atoms with Crippen molar-refractivity contribution in [3.05, 3.63) is 47.3 Å². The molecule has 4 heterocycles. The Bertz CT molecular complexity index is 1510. The molecule has 0 bridgehead atoms. The van der Waals surface area contributed by atoms with Crippen LogP contribution in [0.1, 0.15) is 19.3 Å². The number of carboxylic acid groups (broad SMARTS) is 1. The highest BCUT2D eigenvalue weighted by molar-refractivity contribution is 9.10. The zero-order valence-electron chi connectivity index (χ0n) is 19.8. The Balaban J connectivity index is 1.19. The Morgan fingerprint density at radius 2 is 2.08 bits per heavy atom. The van der Waals surface area contributed by atoms with Crippen molar-refractivity contribution in [2.45, 2.75) is 31.3 Å². The molecule has 37 heavy (non-hydrogen) atoms. The largest absolute Gasteiger partial charge is 0.480 e. The van der Waals surface area contributed by atoms with E-state index >= 15 is 0 Å². The summed E-state index contributed by atoms with van der Waals surface area (Å²) < 4.78 is 2.44. The zero-order valence-corrected chi connectivity index (χ0v) is 21.4. The fourth-order valence-corrected chi connectivity index (χ4v) is 5.64. The van der Waals surface area contributed by atoms with Gasteiger partial charge in [0.05, 0.1) is 16.6 Å². The van der Waals surface area contributed by atoms with Gasteiger partial charge in [0.25, 0.3) is 0 Å². The zero-order chi connectivity index (χ0) is 25.5. The molecule has 12 heteroatoms. The molecule has 3 N–H and O–H groups in total. The molecule has 2 fully saturated rings. The SMILES string of the molecule is O=C(O)C1CN(C(=O)[C@@H]2CC[C@@H](Nc3ncc4c(Br)nn(-c5ccc6ncccc6c5)c4n3)C2)CCN1. The minimum Gasteiger partial charge on any atom is -0.480 e. The highest BCUT2D eigenvalue weighted by atomic mass is 79.9. The lowest BCUT2D eigenvalue weighted by atomic mass is 10.0. The predicted molar refractivity (Wildman–Crippen MR) is 140 cm³/mol. The summed E-state index contributed by atoms with van der Waals surface area (Å²) in [5.74, 6) is -0.557. The number of hydrogen-bond donors (Lipinski definition) is 3. The maximum atomic E-state index is 13.1. The molecule has 1 amide bonds. The van der Waals surface area contributed by atoms with Crippen LogP contribution in [0.25, 0.3) is 27.6 Å². The number of anilines is 1. The minimum atomic E-state index is -0.928. The van der Waals surface area contributed by atoms with Gasteiger partial charge in [-0.2, -0.15) is 10.1 Å². The van der Waals surface area contributed by atoms with Crippen molar-refractivity contribution in [3.63, 3.8) is 0 Å². The Kier molecular flexibility index (Phi) is 6.21. The van der Waals surface area contributed by atoms with Crippen LogP contribution in [-0.4, -0.2) is 78.3 Å². The van der Waals surface area contributed by atoms with E-state index in [0.29, 0.717) is 35.7 Å². The summed E-state index contributed by atoms with van der Waals surface area (Å²) in [6.07, 6.45) is 5.72. The monoisotopic (exact) mass is 564 g/mol. The van der Waals surface area contributed by atoms with Crippen LogP contribution >= 0.6 is 15.9 Å². The number of aliphatic carboxylic acids is 1. The van der Waals surface area contributed by atoms with Gasteiger partial charge in [-0.3, -0.25) is 14.6 Å². The van der Waals surface area contributed by atoms with Gasteiger partial charge in [-0.15, -0.1) is 0 Å². The molecule has 0 radical (unpaired) electrons. The molecule has 6 rings (SSSR count). The highest BCUT2D eigenvalue weighted by Crippen LogP contribution is 2.31. The Hall–Kier alpha value is -3.64. The van der Waals surface area contributed by atoms with E-state index in [0.717, 1.165) is 34.8 Å². The number of carbonyl (C=O) groups excluding carboxylic acids is 1. The normalized spacial score (nSPS) is 22.0. The van der Waals surface area contributed by atoms with E-state index in [1.165, 1.54) is 0 Å². The van der Waals surface area contributed by atoms with Gasteiger partial charge in [-0.25, -0.2) is 9.67 Å². The van der Waals surface area contributed by atoms with E-state index < -0.39 is 12.0 Å². The third kappa shape index (κ3) is 4.62. The molecule has 1 aromatic carbocycles. The van der Waals surface area contributed by atoms with Gasteiger partial charge in [0.15, 0.2) is 5.65 Å². The number of pyridine rings is 1. The van der Waals surface area contributed by atoms with Gasteiger partial charge < -0.3 is 20.6 Å². The quantitative estimate of drug-likeness (QED) is 0.333. The van der Waals surface area contributed by atoms with Gasteiger partial charge in [0.1, 0.15) is 10.6 Å². The number of amides is 1. The molecule has 2 aliphatic rings. The molecular formula is C25H25BrN8O3. The van der Waals surface area contributed by atoms with Gasteiger partial charge >= 0.3 is 5.97 Å². The fourth-order valence-electron chi connectivity index (χ4n) is 5.21. The molecular weight excluding hydrogens is 540 g/mol. The first-order valence-electron chi connectivity index (χ1n) is 12.2. The number of nitrogens with zero attached hydrogens (tertiary/aromatic N) is 6. The second-order valence-electron chi connectivity index (χ2n) is 9.49. The molecule has 1 saturated carbocycles. The van der Waals surface area contributed by atoms with E-state index in [1.807, 2.05) is 30.3 Å². The Labute approximate surface area is 220 Å². The van der Waals surface area contributed by atoms with Crippen molar-refractivity contribution < 1.29 is 14.7 Å². The maximum Gasteiger partial charge on any atom is 0.322 e. The summed E-state index contributed by atoms with van der Waals surface area (Å²) in [6, 6.07) is 9.19. The summed E-state index contributed by atoms with van der Waals surface area (Å²) in [5.41, 5.74) is 2.44. The molecule has 3 aromatic heterocycles. The smallest absolute Gasteiger partial charge is 0.322 e. The molecule has 1 saturated heterocycles. The Morgan fingerprint density at radius 1 is 1.19 bits per heavy atom. The number of rotatable bonds is 5. The van der Waals surface area contributed by atoms with Crippen LogP contribution in [-0.2, 0) is 9.59 Å². The van der Waals surface area contributed by atoms with Gasteiger partial charge in [-0.1, -0.05) is 6.07 Å². The molecule has 4 aromatic rings. The lowest BCUT2D eigenvalue weighted by molar-refractivity contribution is -0.143. The van der Waals surface area contributed by atoms with Gasteiger partial charge in [0.2, 0.25) is 11.9 Å². The second kappa shape index (κ2) is 9.67. The maximum absolute atomic E-state index is 13.1. The third-order valence-electron chi connectivity index (χ3n) is 7.11. The highest BCUT2D eigenvalue weighted by Gasteiger charge is 2.36. The topological polar surface area (TPSA) is 138 Å². The van der Waals surface area contributed by atoms with Crippen molar-refractivity contribution in [3.8, 4) is 5.69 Å². The molecule has 190 valence electrons. The van der Waals surface area contributed by atoms with Crippen LogP contribution < -0.4 is 10.6 Å². The average molecular weight is 565 g/mol. The van der Waals surface area contributed by atoms with E-state index in [2.05, 4.69) is 41.6 Å². The lowest BCUT2D eigenvalue weighted by Crippen LogP contribution is -2.56. The van der Waals surface area contributed by atoms with Crippen LogP contribution in [0.2, 0.25) is 0 Å². The van der Waals surface area contributed by atoms with Crippen LogP contribution in [0.4, 0.5) is 5.95 Å².